The van der Waals surface area contributed by atoms with Crippen molar-refractivity contribution in [2.45, 2.75) is 57.7 Å². The van der Waals surface area contributed by atoms with Gasteiger partial charge in [-0.3, -0.25) is 14.4 Å². The molecule has 1 saturated heterocycles. The van der Waals surface area contributed by atoms with E-state index in [1.165, 1.54) is 23.1 Å². The average molecular weight is 702 g/mol. The number of likely N-dealkylation sites (N-methyl/N-ethyl adjacent to an activating group) is 1. The van der Waals surface area contributed by atoms with Gasteiger partial charge in [0.05, 0.1) is 0 Å². The summed E-state index contributed by atoms with van der Waals surface area (Å²) in [6.45, 7) is 5.82. The van der Waals surface area contributed by atoms with E-state index in [0.717, 1.165) is 9.26 Å². The molecule has 12 heteroatoms. The maximum absolute atomic E-state index is 13.8. The zero-order valence-electron chi connectivity index (χ0n) is 24.1. The first-order chi connectivity index (χ1) is 20.1. The zero-order valence-corrected chi connectivity index (χ0v) is 26.3. The van der Waals surface area contributed by atoms with E-state index in [2.05, 4.69) is 39.7 Å². The van der Waals surface area contributed by atoms with Crippen molar-refractivity contribution in [2.75, 3.05) is 18.5 Å². The molecular weight excluding hydrogens is 669 g/mol. The van der Waals surface area contributed by atoms with Gasteiger partial charge in [-0.2, -0.15) is 0 Å². The predicted octanol–water partition coefficient (Wildman–Crippen LogP) is 2.67. The maximum atomic E-state index is 13.8. The van der Waals surface area contributed by atoms with Crippen LogP contribution in [0.15, 0.2) is 42.5 Å². The number of fused-ring (bicyclic) bond motifs is 1. The third-order valence-corrected chi connectivity index (χ3v) is 8.27. The highest BCUT2D eigenvalue weighted by Crippen LogP contribution is 2.36. The maximum Gasteiger partial charge on any atom is 0.360 e. The van der Waals surface area contributed by atoms with Crippen molar-refractivity contribution in [3.63, 3.8) is 0 Å². The molecule has 11 nitrogen and oxygen atoms in total. The van der Waals surface area contributed by atoms with Gasteiger partial charge in [-0.15, -0.1) is 0 Å². The number of amides is 3. The number of carbonyl (C=O) groups excluding carboxylic acids is 3. The Morgan fingerprint density at radius 3 is 2.35 bits per heavy atom. The van der Waals surface area contributed by atoms with Gasteiger partial charge in [-0.25, -0.2) is 9.59 Å². The molecule has 0 saturated carbocycles. The van der Waals surface area contributed by atoms with Gasteiger partial charge in [0.2, 0.25) is 11.8 Å². The van der Waals surface area contributed by atoms with Crippen molar-refractivity contribution in [1.82, 2.24) is 10.2 Å². The monoisotopic (exact) mass is 701 g/mol. The predicted molar refractivity (Wildman–Crippen MR) is 164 cm³/mol. The smallest absolute Gasteiger partial charge is 0.360 e. The largest absolute Gasteiger partial charge is 0.478 e. The van der Waals surface area contributed by atoms with Crippen LogP contribution in [-0.2, 0) is 30.4 Å². The fourth-order valence-electron chi connectivity index (χ4n) is 5.13. The van der Waals surface area contributed by atoms with E-state index in [1.54, 1.807) is 11.9 Å². The first-order valence-corrected chi connectivity index (χ1v) is 14.7. The van der Waals surface area contributed by atoms with Crippen molar-refractivity contribution in [3.8, 4) is 17.6 Å². The summed E-state index contributed by atoms with van der Waals surface area (Å²) >= 11 is 2.19. The van der Waals surface area contributed by atoms with Crippen LogP contribution in [0, 0.1) is 20.8 Å². The molecular formula is C31H32IN3O8. The van der Waals surface area contributed by atoms with Gasteiger partial charge in [0.15, 0.2) is 0 Å². The fourth-order valence-corrected chi connectivity index (χ4v) is 5.49. The summed E-state index contributed by atoms with van der Waals surface area (Å²) in [6.07, 6.45) is 0.765. The van der Waals surface area contributed by atoms with Gasteiger partial charge in [0.25, 0.3) is 5.91 Å². The summed E-state index contributed by atoms with van der Waals surface area (Å²) in [5, 5.41) is 21.6. The number of carboxylic acids is 2. The molecule has 1 fully saturated rings. The van der Waals surface area contributed by atoms with Gasteiger partial charge in [-0.1, -0.05) is 26.7 Å². The lowest BCUT2D eigenvalue weighted by Gasteiger charge is -2.35. The molecule has 0 aliphatic carbocycles. The van der Waals surface area contributed by atoms with E-state index >= 15 is 0 Å². The molecule has 2 aliphatic rings. The van der Waals surface area contributed by atoms with Crippen LogP contribution in [0.4, 0.5) is 5.69 Å². The number of nitrogens with one attached hydrogen (secondary N) is 1. The van der Waals surface area contributed by atoms with Crippen LogP contribution in [0.3, 0.4) is 0 Å². The van der Waals surface area contributed by atoms with E-state index in [0.29, 0.717) is 30.5 Å². The molecule has 0 spiro atoms. The molecule has 0 bridgehead atoms. The lowest BCUT2D eigenvalue weighted by Crippen LogP contribution is -2.57. The van der Waals surface area contributed by atoms with Crippen LogP contribution < -0.4 is 15.0 Å². The number of halogens is 1. The Morgan fingerprint density at radius 1 is 1.09 bits per heavy atom. The van der Waals surface area contributed by atoms with E-state index in [1.807, 2.05) is 45.0 Å². The highest BCUT2D eigenvalue weighted by Gasteiger charge is 2.54. The third kappa shape index (κ3) is 6.61. The van der Waals surface area contributed by atoms with Crippen LogP contribution in [-0.4, -0.2) is 76.1 Å². The first kappa shape index (κ1) is 31.8. The number of aliphatic carboxylic acids is 2. The number of hydrogen-bond donors (Lipinski definition) is 3. The minimum absolute atomic E-state index is 0.112. The average Bonchev–Trinajstić information content (AvgIpc) is 3.59. The Balaban J connectivity index is 1.48. The fraction of sp³-hybridized carbons (Fsp3) is 0.387. The molecule has 43 heavy (non-hydrogen) atoms. The minimum atomic E-state index is -2.42. The second-order valence-corrected chi connectivity index (χ2v) is 12.9. The van der Waals surface area contributed by atoms with Gasteiger partial charge < -0.3 is 30.1 Å². The summed E-state index contributed by atoms with van der Waals surface area (Å²) in [5.41, 5.74) is -1.73. The molecule has 3 amide bonds. The topological polar surface area (TPSA) is 154 Å². The lowest BCUT2D eigenvalue weighted by atomic mass is 9.85. The van der Waals surface area contributed by atoms with Gasteiger partial charge in [0.1, 0.15) is 17.8 Å². The summed E-state index contributed by atoms with van der Waals surface area (Å²) in [4.78, 5) is 66.4. The first-order valence-electron chi connectivity index (χ1n) is 13.6. The zero-order chi connectivity index (χ0) is 31.7. The summed E-state index contributed by atoms with van der Waals surface area (Å²) in [5.74, 6) is 0.729. The number of ether oxygens (including phenoxy) is 1. The van der Waals surface area contributed by atoms with E-state index in [9.17, 15) is 34.2 Å². The molecule has 0 aromatic heterocycles. The van der Waals surface area contributed by atoms with E-state index in [-0.39, 0.29) is 17.6 Å². The number of benzene rings is 2. The molecule has 2 aliphatic heterocycles. The second kappa shape index (κ2) is 12.2. The van der Waals surface area contributed by atoms with Gasteiger partial charge in [0, 0.05) is 46.3 Å². The Bertz CT molecular complexity index is 1520. The molecule has 2 atom stereocenters. The normalized spacial score (nSPS) is 17.5. The molecule has 2 aromatic carbocycles. The summed E-state index contributed by atoms with van der Waals surface area (Å²) in [7, 11) is 1.68. The molecule has 0 radical (unpaired) electrons. The Hall–Kier alpha value is -4.12. The number of carbonyl (C=O) groups is 5. The van der Waals surface area contributed by atoms with Crippen LogP contribution in [0.25, 0.3) is 0 Å². The molecule has 3 N–H and O–H groups in total. The minimum Gasteiger partial charge on any atom is -0.478 e. The van der Waals surface area contributed by atoms with Crippen molar-refractivity contribution in [3.05, 3.63) is 57.2 Å². The summed E-state index contributed by atoms with van der Waals surface area (Å²) in [6, 6.07) is 10.2. The van der Waals surface area contributed by atoms with Crippen LogP contribution >= 0.6 is 22.6 Å². The van der Waals surface area contributed by atoms with Crippen molar-refractivity contribution < 1.29 is 38.9 Å². The highest BCUT2D eigenvalue weighted by molar-refractivity contribution is 14.1. The number of hydrogen-bond acceptors (Lipinski definition) is 6. The van der Waals surface area contributed by atoms with Crippen molar-refractivity contribution >= 4 is 57.9 Å². The van der Waals surface area contributed by atoms with E-state index in [4.69, 9.17) is 4.74 Å². The number of nitrogens with zero attached hydrogens (tertiary/aromatic N) is 2. The molecule has 226 valence electrons. The standard InChI is InChI=1S/C31H32IN3O8/c1-30(2,3)25(27(38)35-15-5-6-22(35)26(37)34(4)21-11-9-20(32)10-12-21)33-24(36)14-8-18-7-13-23-19(16-18)17-31(43-23,28(39)40)29(41)42/h7,9-13,16,22,25H,5-6,15,17H2,1-4H3,(H,33,36)(H,39,40)(H,41,42)/t22-,25+/m0/s1. The summed E-state index contributed by atoms with van der Waals surface area (Å²) < 4.78 is 6.27. The number of likely N-dealkylation sites (tertiary alicyclic amines) is 1. The SMILES string of the molecule is CN(C(=O)[C@@H]1CCCN1C(=O)[C@@H](NC(=O)C#Cc1ccc2c(c1)CC(C(=O)O)(C(=O)O)O2)C(C)(C)C)c1ccc(I)cc1. The third-order valence-electron chi connectivity index (χ3n) is 7.55. The second-order valence-electron chi connectivity index (χ2n) is 11.6. The number of anilines is 1. The van der Waals surface area contributed by atoms with Crippen LogP contribution in [0.5, 0.6) is 5.75 Å². The quantitative estimate of drug-likeness (QED) is 0.236. The number of rotatable bonds is 6. The Labute approximate surface area is 262 Å². The number of carboxylic acid groups (broad SMARTS) is 2. The molecule has 2 aromatic rings. The lowest BCUT2D eigenvalue weighted by molar-refractivity contribution is -0.170. The molecule has 2 heterocycles. The van der Waals surface area contributed by atoms with Crippen LogP contribution in [0.2, 0.25) is 0 Å². The highest BCUT2D eigenvalue weighted by atomic mass is 127. The van der Waals surface area contributed by atoms with E-state index < -0.39 is 47.4 Å². The van der Waals surface area contributed by atoms with Gasteiger partial charge >= 0.3 is 17.5 Å². The van der Waals surface area contributed by atoms with Crippen LogP contribution in [0.1, 0.15) is 44.7 Å². The van der Waals surface area contributed by atoms with Crippen molar-refractivity contribution in [2.24, 2.45) is 5.41 Å². The molecule has 0 unspecified atom stereocenters. The van der Waals surface area contributed by atoms with Crippen molar-refractivity contribution in [1.29, 1.82) is 0 Å². The molecule has 4 rings (SSSR count). The Morgan fingerprint density at radius 2 is 1.74 bits per heavy atom. The van der Waals surface area contributed by atoms with Gasteiger partial charge in [-0.05, 0) is 83.3 Å². The Kier molecular flexibility index (Phi) is 9.05.